The van der Waals surface area contributed by atoms with Gasteiger partial charge in [0, 0.05) is 19.1 Å². The molecule has 1 aliphatic rings. The molecule has 1 saturated heterocycles. The average Bonchev–Trinajstić information content (AvgIpc) is 2.77. The number of carboxylic acid groups (broad SMARTS) is 1. The van der Waals surface area contributed by atoms with E-state index in [1.54, 1.807) is 0 Å². The van der Waals surface area contributed by atoms with Gasteiger partial charge in [0.2, 0.25) is 0 Å². The second-order valence-electron chi connectivity index (χ2n) is 5.34. The number of likely N-dealkylation sites (N-methyl/N-ethyl adjacent to an activating group) is 1. The topological polar surface area (TPSA) is 43.8 Å². The van der Waals surface area contributed by atoms with E-state index in [4.69, 9.17) is 5.11 Å². The van der Waals surface area contributed by atoms with Gasteiger partial charge in [-0.15, -0.1) is 0 Å². The molecule has 2 rings (SSSR count). The van der Waals surface area contributed by atoms with Crippen molar-refractivity contribution in [3.63, 3.8) is 0 Å². The fraction of sp³-hybridized carbons (Fsp3) is 0.533. The highest BCUT2D eigenvalue weighted by atomic mass is 16.4. The predicted molar refractivity (Wildman–Crippen MR) is 75.0 cm³/mol. The molecule has 4 nitrogen and oxygen atoms in total. The number of aliphatic carboxylic acids is 1. The Hall–Kier alpha value is -1.39. The molecule has 4 heteroatoms. The summed E-state index contributed by atoms with van der Waals surface area (Å²) in [4.78, 5) is 15.2. The fourth-order valence-electron chi connectivity index (χ4n) is 2.80. The van der Waals surface area contributed by atoms with Crippen molar-refractivity contribution in [2.75, 3.05) is 26.7 Å². The molecule has 1 fully saturated rings. The lowest BCUT2D eigenvalue weighted by Gasteiger charge is -2.27. The first-order valence-corrected chi connectivity index (χ1v) is 6.83. The lowest BCUT2D eigenvalue weighted by atomic mass is 10.2. The van der Waals surface area contributed by atoms with E-state index in [0.717, 1.165) is 32.5 Å². The Kier molecular flexibility index (Phi) is 4.93. The van der Waals surface area contributed by atoms with Crippen molar-refractivity contribution < 1.29 is 9.90 Å². The van der Waals surface area contributed by atoms with Crippen LogP contribution in [-0.2, 0) is 11.3 Å². The van der Waals surface area contributed by atoms with Crippen LogP contribution in [0.15, 0.2) is 30.3 Å². The van der Waals surface area contributed by atoms with Gasteiger partial charge in [0.25, 0.3) is 0 Å². The number of carboxylic acids is 1. The third kappa shape index (κ3) is 4.33. The quantitative estimate of drug-likeness (QED) is 0.847. The van der Waals surface area contributed by atoms with E-state index in [0.29, 0.717) is 6.04 Å². The average molecular weight is 262 g/mol. The molecule has 1 aromatic rings. The van der Waals surface area contributed by atoms with Gasteiger partial charge < -0.3 is 10.0 Å². The molecule has 1 atom stereocenters. The molecule has 104 valence electrons. The molecule has 0 aromatic heterocycles. The summed E-state index contributed by atoms with van der Waals surface area (Å²) in [5, 5.41) is 8.91. The van der Waals surface area contributed by atoms with Crippen LogP contribution in [0.2, 0.25) is 0 Å². The Morgan fingerprint density at radius 2 is 2.16 bits per heavy atom. The number of nitrogens with zero attached hydrogens (tertiary/aromatic N) is 2. The van der Waals surface area contributed by atoms with Gasteiger partial charge in [-0.05, 0) is 32.0 Å². The van der Waals surface area contributed by atoms with E-state index in [2.05, 4.69) is 41.1 Å². The van der Waals surface area contributed by atoms with Crippen LogP contribution < -0.4 is 0 Å². The van der Waals surface area contributed by atoms with E-state index >= 15 is 0 Å². The van der Waals surface area contributed by atoms with Crippen molar-refractivity contribution in [2.24, 2.45) is 0 Å². The predicted octanol–water partition coefficient (Wildman–Crippen LogP) is 1.67. The molecule has 1 unspecified atom stereocenters. The van der Waals surface area contributed by atoms with Crippen LogP contribution in [0.4, 0.5) is 0 Å². The number of benzene rings is 1. The van der Waals surface area contributed by atoms with Crippen molar-refractivity contribution >= 4 is 5.97 Å². The van der Waals surface area contributed by atoms with Crippen LogP contribution in [0.25, 0.3) is 0 Å². The Morgan fingerprint density at radius 1 is 1.42 bits per heavy atom. The maximum absolute atomic E-state index is 10.8. The minimum Gasteiger partial charge on any atom is -0.480 e. The Labute approximate surface area is 114 Å². The molecule has 0 spiro atoms. The number of likely N-dealkylation sites (tertiary alicyclic amines) is 1. The summed E-state index contributed by atoms with van der Waals surface area (Å²) in [7, 11) is 2.10. The van der Waals surface area contributed by atoms with Gasteiger partial charge >= 0.3 is 5.97 Å². The number of hydrogen-bond acceptors (Lipinski definition) is 3. The normalized spacial score (nSPS) is 20.0. The Balaban J connectivity index is 1.84. The minimum absolute atomic E-state index is 0.170. The molecule has 1 aromatic carbocycles. The molecule has 0 bridgehead atoms. The summed E-state index contributed by atoms with van der Waals surface area (Å²) in [5.74, 6) is -0.724. The molecule has 0 saturated carbocycles. The molecule has 0 radical (unpaired) electrons. The van der Waals surface area contributed by atoms with Gasteiger partial charge in [-0.3, -0.25) is 9.69 Å². The molecule has 0 aliphatic carbocycles. The van der Waals surface area contributed by atoms with Crippen molar-refractivity contribution in [3.8, 4) is 0 Å². The van der Waals surface area contributed by atoms with E-state index in [1.807, 2.05) is 6.07 Å². The van der Waals surface area contributed by atoms with Crippen molar-refractivity contribution in [3.05, 3.63) is 35.9 Å². The van der Waals surface area contributed by atoms with Gasteiger partial charge in [0.1, 0.15) is 0 Å². The highest BCUT2D eigenvalue weighted by Crippen LogP contribution is 2.18. The zero-order valence-corrected chi connectivity index (χ0v) is 11.5. The van der Waals surface area contributed by atoms with Crippen molar-refractivity contribution in [1.29, 1.82) is 0 Å². The molecular weight excluding hydrogens is 240 g/mol. The first kappa shape index (κ1) is 14.0. The zero-order chi connectivity index (χ0) is 13.7. The third-order valence-corrected chi connectivity index (χ3v) is 3.66. The van der Waals surface area contributed by atoms with Crippen LogP contribution in [0, 0.1) is 0 Å². The van der Waals surface area contributed by atoms with Crippen LogP contribution in [-0.4, -0.2) is 53.6 Å². The lowest BCUT2D eigenvalue weighted by molar-refractivity contribution is -0.138. The second kappa shape index (κ2) is 6.68. The van der Waals surface area contributed by atoms with Gasteiger partial charge in [-0.1, -0.05) is 30.3 Å². The zero-order valence-electron chi connectivity index (χ0n) is 11.5. The third-order valence-electron chi connectivity index (χ3n) is 3.66. The van der Waals surface area contributed by atoms with Crippen LogP contribution in [0.3, 0.4) is 0 Å². The summed E-state index contributed by atoms with van der Waals surface area (Å²) in [6.45, 7) is 2.93. The Bertz CT molecular complexity index is 408. The molecule has 1 heterocycles. The first-order valence-electron chi connectivity index (χ1n) is 6.83. The van der Waals surface area contributed by atoms with Crippen LogP contribution in [0.1, 0.15) is 18.4 Å². The molecule has 19 heavy (non-hydrogen) atoms. The maximum atomic E-state index is 10.8. The summed E-state index contributed by atoms with van der Waals surface area (Å²) in [5.41, 5.74) is 1.30. The standard InChI is InChI=1S/C15H22N2O2/c1-16(10-13-6-3-2-4-7-13)11-14-8-5-9-17(14)12-15(18)19/h2-4,6-7,14H,5,8-12H2,1H3,(H,18,19). The summed E-state index contributed by atoms with van der Waals surface area (Å²) >= 11 is 0. The van der Waals surface area contributed by atoms with E-state index in [9.17, 15) is 4.79 Å². The van der Waals surface area contributed by atoms with Crippen LogP contribution >= 0.6 is 0 Å². The van der Waals surface area contributed by atoms with E-state index < -0.39 is 5.97 Å². The largest absolute Gasteiger partial charge is 0.480 e. The highest BCUT2D eigenvalue weighted by molar-refractivity contribution is 5.69. The van der Waals surface area contributed by atoms with E-state index in [1.165, 1.54) is 5.56 Å². The molecule has 1 N–H and O–H groups in total. The van der Waals surface area contributed by atoms with Crippen molar-refractivity contribution in [1.82, 2.24) is 9.80 Å². The number of carbonyl (C=O) groups is 1. The smallest absolute Gasteiger partial charge is 0.317 e. The summed E-state index contributed by atoms with van der Waals surface area (Å²) in [6.07, 6.45) is 2.21. The first-order chi connectivity index (χ1) is 9.15. The second-order valence-corrected chi connectivity index (χ2v) is 5.34. The summed E-state index contributed by atoms with van der Waals surface area (Å²) in [6, 6.07) is 10.8. The van der Waals surface area contributed by atoms with Gasteiger partial charge in [-0.2, -0.15) is 0 Å². The van der Waals surface area contributed by atoms with Crippen LogP contribution in [0.5, 0.6) is 0 Å². The number of hydrogen-bond donors (Lipinski definition) is 1. The molecule has 0 amide bonds. The fourth-order valence-corrected chi connectivity index (χ4v) is 2.80. The summed E-state index contributed by atoms with van der Waals surface area (Å²) < 4.78 is 0. The molecular formula is C15H22N2O2. The van der Waals surface area contributed by atoms with Gasteiger partial charge in [0.15, 0.2) is 0 Å². The SMILES string of the molecule is CN(Cc1ccccc1)CC1CCCN1CC(=O)O. The van der Waals surface area contributed by atoms with E-state index in [-0.39, 0.29) is 6.54 Å². The lowest BCUT2D eigenvalue weighted by Crippen LogP contribution is -2.41. The van der Waals surface area contributed by atoms with Gasteiger partial charge in [-0.25, -0.2) is 0 Å². The minimum atomic E-state index is -0.724. The monoisotopic (exact) mass is 262 g/mol. The van der Waals surface area contributed by atoms with Crippen molar-refractivity contribution in [2.45, 2.75) is 25.4 Å². The molecule has 1 aliphatic heterocycles. The Morgan fingerprint density at radius 3 is 2.84 bits per heavy atom. The van der Waals surface area contributed by atoms with Gasteiger partial charge in [0.05, 0.1) is 6.54 Å². The highest BCUT2D eigenvalue weighted by Gasteiger charge is 2.26. The maximum Gasteiger partial charge on any atom is 0.317 e. The number of rotatable bonds is 6.